The molecule has 2 heterocycles. The van der Waals surface area contributed by atoms with Gasteiger partial charge in [-0.15, -0.1) is 0 Å². The Labute approximate surface area is 107 Å². The number of hydrogen-bond acceptors (Lipinski definition) is 6. The van der Waals surface area contributed by atoms with E-state index in [0.29, 0.717) is 24.7 Å². The van der Waals surface area contributed by atoms with E-state index in [1.54, 1.807) is 7.11 Å². The molecule has 0 radical (unpaired) electrons. The van der Waals surface area contributed by atoms with Gasteiger partial charge >= 0.3 is 0 Å². The van der Waals surface area contributed by atoms with Crippen LogP contribution in [-0.4, -0.2) is 35.0 Å². The number of hydrogen-bond donors (Lipinski definition) is 2. The zero-order chi connectivity index (χ0) is 13.3. The van der Waals surface area contributed by atoms with E-state index in [-0.39, 0.29) is 23.7 Å². The van der Waals surface area contributed by atoms with Crippen molar-refractivity contribution in [1.29, 1.82) is 0 Å². The topological polar surface area (TPSA) is 80.4 Å². The van der Waals surface area contributed by atoms with Gasteiger partial charge in [-0.05, 0) is 11.8 Å². The van der Waals surface area contributed by atoms with Gasteiger partial charge in [0.25, 0.3) is 0 Å². The highest BCUT2D eigenvalue weighted by molar-refractivity contribution is 5.01. The molecule has 3 unspecified atom stereocenters. The lowest BCUT2D eigenvalue weighted by molar-refractivity contribution is 0.00718. The highest BCUT2D eigenvalue weighted by Crippen LogP contribution is 2.34. The van der Waals surface area contributed by atoms with Crippen molar-refractivity contribution >= 4 is 0 Å². The zero-order valence-corrected chi connectivity index (χ0v) is 11.3. The van der Waals surface area contributed by atoms with Crippen LogP contribution in [0, 0.1) is 5.41 Å². The molecule has 0 amide bonds. The minimum Gasteiger partial charge on any atom is -0.392 e. The van der Waals surface area contributed by atoms with Crippen molar-refractivity contribution in [3.63, 3.8) is 0 Å². The number of aliphatic hydroxyl groups excluding tert-OH is 1. The maximum absolute atomic E-state index is 9.48. The molecule has 1 aromatic rings. The lowest BCUT2D eigenvalue weighted by Crippen LogP contribution is -2.21. The van der Waals surface area contributed by atoms with Gasteiger partial charge in [0.1, 0.15) is 6.10 Å². The minimum atomic E-state index is -0.341. The van der Waals surface area contributed by atoms with Crippen LogP contribution < -0.4 is 5.32 Å². The number of aromatic nitrogens is 2. The third-order valence-electron chi connectivity index (χ3n) is 3.12. The van der Waals surface area contributed by atoms with Gasteiger partial charge in [0, 0.05) is 13.7 Å². The van der Waals surface area contributed by atoms with Gasteiger partial charge in [-0.1, -0.05) is 25.9 Å². The van der Waals surface area contributed by atoms with Crippen LogP contribution in [0.1, 0.15) is 51.1 Å². The van der Waals surface area contributed by atoms with Crippen LogP contribution in [0.2, 0.25) is 0 Å². The zero-order valence-electron chi connectivity index (χ0n) is 11.3. The van der Waals surface area contributed by atoms with E-state index >= 15 is 0 Å². The Bertz CT molecular complexity index is 400. The molecule has 6 nitrogen and oxygen atoms in total. The van der Waals surface area contributed by atoms with Crippen LogP contribution in [-0.2, 0) is 4.74 Å². The monoisotopic (exact) mass is 255 g/mol. The van der Waals surface area contributed by atoms with Gasteiger partial charge in [0.15, 0.2) is 0 Å². The van der Waals surface area contributed by atoms with Gasteiger partial charge in [-0.25, -0.2) is 0 Å². The summed E-state index contributed by atoms with van der Waals surface area (Å²) in [5.41, 5.74) is -0.0987. The standard InChI is InChI=1S/C12H21N3O3/c1-12(2,3)9(17-4)10-14-11(18-15-10)8-5-7(16)6-13-8/h7-9,13,16H,5-6H2,1-4H3. The summed E-state index contributed by atoms with van der Waals surface area (Å²) in [5.74, 6) is 1.08. The fourth-order valence-electron chi connectivity index (χ4n) is 2.25. The predicted molar refractivity (Wildman–Crippen MR) is 64.9 cm³/mol. The molecular weight excluding hydrogens is 234 g/mol. The summed E-state index contributed by atoms with van der Waals surface area (Å²) in [5, 5.41) is 16.6. The maximum Gasteiger partial charge on any atom is 0.243 e. The van der Waals surface area contributed by atoms with Gasteiger partial charge < -0.3 is 19.7 Å². The Kier molecular flexibility index (Phi) is 3.70. The lowest BCUT2D eigenvalue weighted by Gasteiger charge is -2.26. The SMILES string of the molecule is COC(c1noc(C2CC(O)CN2)n1)C(C)(C)C. The molecule has 1 aliphatic rings. The summed E-state index contributed by atoms with van der Waals surface area (Å²) in [4.78, 5) is 4.39. The first-order valence-corrected chi connectivity index (χ1v) is 6.19. The molecule has 6 heteroatoms. The Morgan fingerprint density at radius 2 is 2.22 bits per heavy atom. The Morgan fingerprint density at radius 3 is 2.72 bits per heavy atom. The van der Waals surface area contributed by atoms with Crippen molar-refractivity contribution < 1.29 is 14.4 Å². The molecule has 1 fully saturated rings. The van der Waals surface area contributed by atoms with E-state index in [1.165, 1.54) is 0 Å². The normalized spacial score (nSPS) is 26.5. The second-order valence-electron chi connectivity index (χ2n) is 5.82. The van der Waals surface area contributed by atoms with E-state index in [0.717, 1.165) is 0 Å². The molecule has 18 heavy (non-hydrogen) atoms. The number of nitrogens with zero attached hydrogens (tertiary/aromatic N) is 2. The molecular formula is C12H21N3O3. The quantitative estimate of drug-likeness (QED) is 0.844. The van der Waals surface area contributed by atoms with Crippen LogP contribution in [0.5, 0.6) is 0 Å². The first kappa shape index (κ1) is 13.5. The van der Waals surface area contributed by atoms with Crippen molar-refractivity contribution in [3.05, 3.63) is 11.7 Å². The van der Waals surface area contributed by atoms with Crippen molar-refractivity contribution in [2.24, 2.45) is 5.41 Å². The molecule has 0 saturated carbocycles. The van der Waals surface area contributed by atoms with Crippen molar-refractivity contribution in [2.75, 3.05) is 13.7 Å². The maximum atomic E-state index is 9.48. The molecule has 102 valence electrons. The summed E-state index contributed by atoms with van der Waals surface area (Å²) < 4.78 is 10.7. The summed E-state index contributed by atoms with van der Waals surface area (Å²) in [6.45, 7) is 6.76. The fourth-order valence-corrected chi connectivity index (χ4v) is 2.25. The Balaban J connectivity index is 2.14. The molecule has 2 rings (SSSR count). The van der Waals surface area contributed by atoms with E-state index in [1.807, 2.05) is 0 Å². The van der Waals surface area contributed by atoms with Gasteiger partial charge in [0.05, 0.1) is 12.1 Å². The number of β-amino-alcohol motifs (C(OH)–C–C–N with tert-alkyl or cyclic N) is 1. The lowest BCUT2D eigenvalue weighted by atomic mass is 9.88. The van der Waals surface area contributed by atoms with E-state index < -0.39 is 0 Å². The number of ether oxygens (including phenoxy) is 1. The Morgan fingerprint density at radius 1 is 1.50 bits per heavy atom. The van der Waals surface area contributed by atoms with Crippen LogP contribution >= 0.6 is 0 Å². The van der Waals surface area contributed by atoms with Crippen molar-refractivity contribution in [3.8, 4) is 0 Å². The third-order valence-corrected chi connectivity index (χ3v) is 3.12. The van der Waals surface area contributed by atoms with E-state index in [4.69, 9.17) is 9.26 Å². The van der Waals surface area contributed by atoms with Crippen LogP contribution in [0.15, 0.2) is 4.52 Å². The average molecular weight is 255 g/mol. The van der Waals surface area contributed by atoms with Gasteiger partial charge in [-0.2, -0.15) is 4.98 Å². The number of methoxy groups -OCH3 is 1. The Hall–Kier alpha value is -0.980. The average Bonchev–Trinajstić information content (AvgIpc) is 2.85. The highest BCUT2D eigenvalue weighted by atomic mass is 16.5. The van der Waals surface area contributed by atoms with Crippen molar-refractivity contribution in [2.45, 2.75) is 45.4 Å². The fraction of sp³-hybridized carbons (Fsp3) is 0.833. The molecule has 0 spiro atoms. The first-order chi connectivity index (χ1) is 8.41. The minimum absolute atomic E-state index is 0.0567. The second kappa shape index (κ2) is 4.95. The van der Waals surface area contributed by atoms with E-state index in [9.17, 15) is 5.11 Å². The van der Waals surface area contributed by atoms with Crippen LogP contribution in [0.3, 0.4) is 0 Å². The highest BCUT2D eigenvalue weighted by Gasteiger charge is 2.33. The second-order valence-corrected chi connectivity index (χ2v) is 5.82. The molecule has 0 aromatic carbocycles. The molecule has 0 bridgehead atoms. The van der Waals surface area contributed by atoms with E-state index in [2.05, 4.69) is 36.2 Å². The number of rotatable bonds is 3. The van der Waals surface area contributed by atoms with Crippen molar-refractivity contribution in [1.82, 2.24) is 15.5 Å². The molecule has 1 saturated heterocycles. The molecule has 1 aromatic heterocycles. The molecule has 0 aliphatic carbocycles. The molecule has 2 N–H and O–H groups in total. The number of aliphatic hydroxyl groups is 1. The van der Waals surface area contributed by atoms with Gasteiger partial charge in [0.2, 0.25) is 11.7 Å². The van der Waals surface area contributed by atoms with Crippen LogP contribution in [0.4, 0.5) is 0 Å². The smallest absolute Gasteiger partial charge is 0.243 e. The number of nitrogens with one attached hydrogen (secondary N) is 1. The summed E-state index contributed by atoms with van der Waals surface area (Å²) in [6, 6.07) is -0.0567. The largest absolute Gasteiger partial charge is 0.392 e. The molecule has 1 aliphatic heterocycles. The molecule has 3 atom stereocenters. The summed E-state index contributed by atoms with van der Waals surface area (Å²) in [7, 11) is 1.64. The van der Waals surface area contributed by atoms with Gasteiger partial charge in [-0.3, -0.25) is 0 Å². The van der Waals surface area contributed by atoms with Crippen LogP contribution in [0.25, 0.3) is 0 Å². The summed E-state index contributed by atoms with van der Waals surface area (Å²) in [6.07, 6.45) is 0.0574. The first-order valence-electron chi connectivity index (χ1n) is 6.19. The summed E-state index contributed by atoms with van der Waals surface area (Å²) >= 11 is 0. The third kappa shape index (κ3) is 2.71. The predicted octanol–water partition coefficient (Wildman–Crippen LogP) is 1.20.